The minimum absolute atomic E-state index is 0.210. The van der Waals surface area contributed by atoms with E-state index in [9.17, 15) is 4.39 Å². The fourth-order valence-corrected chi connectivity index (χ4v) is 2.80. The average Bonchev–Trinajstić information content (AvgIpc) is 2.81. The summed E-state index contributed by atoms with van der Waals surface area (Å²) < 4.78 is 14.8. The van der Waals surface area contributed by atoms with Gasteiger partial charge in [0.05, 0.1) is 11.8 Å². The van der Waals surface area contributed by atoms with Gasteiger partial charge in [0, 0.05) is 19.0 Å². The van der Waals surface area contributed by atoms with Crippen molar-refractivity contribution in [2.75, 3.05) is 0 Å². The van der Waals surface area contributed by atoms with Crippen molar-refractivity contribution in [3.05, 3.63) is 54.2 Å². The molecule has 0 N–H and O–H groups in total. The SMILES string of the molecule is Cn1cnc2c(SCc3ccc(F)cc3)nccc21. The first kappa shape index (κ1) is 12.2. The van der Waals surface area contributed by atoms with Gasteiger partial charge in [-0.15, -0.1) is 0 Å². The largest absolute Gasteiger partial charge is 0.334 e. The van der Waals surface area contributed by atoms with Gasteiger partial charge >= 0.3 is 0 Å². The van der Waals surface area contributed by atoms with Crippen molar-refractivity contribution in [3.8, 4) is 0 Å². The summed E-state index contributed by atoms with van der Waals surface area (Å²) in [4.78, 5) is 8.73. The van der Waals surface area contributed by atoms with Gasteiger partial charge in [0.25, 0.3) is 0 Å². The van der Waals surface area contributed by atoms with Gasteiger partial charge in [-0.2, -0.15) is 0 Å². The molecular weight excluding hydrogens is 261 g/mol. The Morgan fingerprint density at radius 3 is 2.74 bits per heavy atom. The fourth-order valence-electron chi connectivity index (χ4n) is 1.88. The predicted molar refractivity (Wildman–Crippen MR) is 74.5 cm³/mol. The summed E-state index contributed by atoms with van der Waals surface area (Å²) in [5.41, 5.74) is 3.05. The molecule has 0 bridgehead atoms. The molecule has 0 aliphatic carbocycles. The molecular formula is C14H12FN3S. The first-order valence-electron chi connectivity index (χ1n) is 5.87. The van der Waals surface area contributed by atoms with E-state index in [2.05, 4.69) is 9.97 Å². The molecule has 0 saturated heterocycles. The maximum atomic E-state index is 12.8. The topological polar surface area (TPSA) is 30.7 Å². The Labute approximate surface area is 114 Å². The molecule has 0 radical (unpaired) electrons. The van der Waals surface area contributed by atoms with Crippen LogP contribution in [0.15, 0.2) is 47.9 Å². The van der Waals surface area contributed by atoms with Crippen LogP contribution in [0.1, 0.15) is 5.56 Å². The minimum atomic E-state index is -0.210. The van der Waals surface area contributed by atoms with Crippen LogP contribution in [0.5, 0.6) is 0 Å². The van der Waals surface area contributed by atoms with Gasteiger partial charge in [0.15, 0.2) is 0 Å². The lowest BCUT2D eigenvalue weighted by Crippen LogP contribution is -1.87. The van der Waals surface area contributed by atoms with Crippen molar-refractivity contribution in [2.24, 2.45) is 7.05 Å². The molecule has 0 saturated carbocycles. The first-order valence-corrected chi connectivity index (χ1v) is 6.86. The lowest BCUT2D eigenvalue weighted by atomic mass is 10.2. The molecule has 19 heavy (non-hydrogen) atoms. The molecule has 3 nitrogen and oxygen atoms in total. The Kier molecular flexibility index (Phi) is 3.21. The quantitative estimate of drug-likeness (QED) is 0.685. The van der Waals surface area contributed by atoms with Crippen molar-refractivity contribution in [3.63, 3.8) is 0 Å². The number of halogens is 1. The maximum Gasteiger partial charge on any atom is 0.124 e. The number of aryl methyl sites for hydroxylation is 1. The summed E-state index contributed by atoms with van der Waals surface area (Å²) >= 11 is 1.61. The molecule has 2 aromatic heterocycles. The number of hydrogen-bond donors (Lipinski definition) is 0. The van der Waals surface area contributed by atoms with Crippen molar-refractivity contribution in [1.29, 1.82) is 0 Å². The van der Waals surface area contributed by atoms with Crippen LogP contribution in [0.2, 0.25) is 0 Å². The summed E-state index contributed by atoms with van der Waals surface area (Å²) in [6.07, 6.45) is 3.57. The van der Waals surface area contributed by atoms with Gasteiger partial charge in [-0.1, -0.05) is 23.9 Å². The van der Waals surface area contributed by atoms with Gasteiger partial charge in [-0.25, -0.2) is 14.4 Å². The van der Waals surface area contributed by atoms with Crippen LogP contribution in [0, 0.1) is 5.82 Å². The highest BCUT2D eigenvalue weighted by Crippen LogP contribution is 2.27. The number of pyridine rings is 1. The van der Waals surface area contributed by atoms with Crippen LogP contribution in [0.25, 0.3) is 11.0 Å². The monoisotopic (exact) mass is 273 g/mol. The van der Waals surface area contributed by atoms with Crippen LogP contribution < -0.4 is 0 Å². The van der Waals surface area contributed by atoms with Gasteiger partial charge in [-0.05, 0) is 23.8 Å². The van der Waals surface area contributed by atoms with E-state index in [0.29, 0.717) is 0 Å². The second-order valence-electron chi connectivity index (χ2n) is 4.25. The van der Waals surface area contributed by atoms with Gasteiger partial charge in [0.1, 0.15) is 16.4 Å². The molecule has 0 fully saturated rings. The maximum absolute atomic E-state index is 12.8. The number of hydrogen-bond acceptors (Lipinski definition) is 3. The summed E-state index contributed by atoms with van der Waals surface area (Å²) in [7, 11) is 1.96. The highest BCUT2D eigenvalue weighted by Gasteiger charge is 2.07. The van der Waals surface area contributed by atoms with E-state index in [4.69, 9.17) is 0 Å². The van der Waals surface area contributed by atoms with Crippen LogP contribution in [-0.4, -0.2) is 14.5 Å². The lowest BCUT2D eigenvalue weighted by molar-refractivity contribution is 0.627. The molecule has 2 heterocycles. The normalized spacial score (nSPS) is 11.1. The average molecular weight is 273 g/mol. The molecule has 0 amide bonds. The number of imidazole rings is 1. The molecule has 3 aromatic rings. The highest BCUT2D eigenvalue weighted by molar-refractivity contribution is 7.98. The number of aromatic nitrogens is 3. The van der Waals surface area contributed by atoms with E-state index in [1.807, 2.05) is 17.7 Å². The van der Waals surface area contributed by atoms with E-state index < -0.39 is 0 Å². The highest BCUT2D eigenvalue weighted by atomic mass is 32.2. The van der Waals surface area contributed by atoms with Gasteiger partial charge in [-0.3, -0.25) is 0 Å². The van der Waals surface area contributed by atoms with E-state index in [1.165, 1.54) is 12.1 Å². The molecule has 0 atom stereocenters. The molecule has 0 unspecified atom stereocenters. The molecule has 5 heteroatoms. The molecule has 96 valence electrons. The van der Waals surface area contributed by atoms with E-state index >= 15 is 0 Å². The third kappa shape index (κ3) is 2.46. The molecule has 0 spiro atoms. The second kappa shape index (κ2) is 5.01. The number of thioether (sulfide) groups is 1. The summed E-state index contributed by atoms with van der Waals surface area (Å²) in [6, 6.07) is 8.49. The van der Waals surface area contributed by atoms with Crippen molar-refractivity contribution >= 4 is 22.8 Å². The fraction of sp³-hybridized carbons (Fsp3) is 0.143. The van der Waals surface area contributed by atoms with Gasteiger partial charge < -0.3 is 4.57 Å². The standard InChI is InChI=1S/C14H12FN3S/c1-18-9-17-13-12(18)6-7-16-14(13)19-8-10-2-4-11(15)5-3-10/h2-7,9H,8H2,1H3. The summed E-state index contributed by atoms with van der Waals surface area (Å²) in [5, 5.41) is 0.905. The zero-order valence-electron chi connectivity index (χ0n) is 10.4. The third-order valence-electron chi connectivity index (χ3n) is 2.90. The Hall–Kier alpha value is -1.88. The zero-order chi connectivity index (χ0) is 13.2. The summed E-state index contributed by atoms with van der Waals surface area (Å²) in [5.74, 6) is 0.543. The molecule has 0 aliphatic heterocycles. The van der Waals surface area contributed by atoms with Crippen molar-refractivity contribution in [2.45, 2.75) is 10.8 Å². The smallest absolute Gasteiger partial charge is 0.124 e. The van der Waals surface area contributed by atoms with E-state index in [0.717, 1.165) is 27.4 Å². The Morgan fingerprint density at radius 2 is 1.95 bits per heavy atom. The zero-order valence-corrected chi connectivity index (χ0v) is 11.2. The van der Waals surface area contributed by atoms with Gasteiger partial charge in [0.2, 0.25) is 0 Å². The molecule has 1 aromatic carbocycles. The predicted octanol–water partition coefficient (Wildman–Crippen LogP) is 3.40. The lowest BCUT2D eigenvalue weighted by Gasteiger charge is -2.02. The van der Waals surface area contributed by atoms with Crippen LogP contribution in [0.4, 0.5) is 4.39 Å². The molecule has 3 rings (SSSR count). The summed E-state index contributed by atoms with van der Waals surface area (Å²) in [6.45, 7) is 0. The Morgan fingerprint density at radius 1 is 1.16 bits per heavy atom. The van der Waals surface area contributed by atoms with Crippen molar-refractivity contribution < 1.29 is 4.39 Å². The third-order valence-corrected chi connectivity index (χ3v) is 3.95. The van der Waals surface area contributed by atoms with Crippen LogP contribution in [-0.2, 0) is 12.8 Å². The van der Waals surface area contributed by atoms with Crippen molar-refractivity contribution in [1.82, 2.24) is 14.5 Å². The Balaban J connectivity index is 1.83. The number of benzene rings is 1. The first-order chi connectivity index (χ1) is 9.24. The number of fused-ring (bicyclic) bond motifs is 1. The van der Waals surface area contributed by atoms with Crippen LogP contribution >= 0.6 is 11.8 Å². The number of rotatable bonds is 3. The van der Waals surface area contributed by atoms with E-state index in [1.54, 1.807) is 36.4 Å². The second-order valence-corrected chi connectivity index (χ2v) is 5.22. The van der Waals surface area contributed by atoms with E-state index in [-0.39, 0.29) is 5.82 Å². The molecule has 0 aliphatic rings. The van der Waals surface area contributed by atoms with Crippen LogP contribution in [0.3, 0.4) is 0 Å². The number of nitrogens with zero attached hydrogens (tertiary/aromatic N) is 3. The minimum Gasteiger partial charge on any atom is -0.334 e. The Bertz CT molecular complexity index is 706.